The SMILES string of the molecule is CS(=O)(=O)c1ccc(Cl)c(C(=O)OCC(=O)N2CCC(Cc3ccccc3)CC2)c1. The summed E-state index contributed by atoms with van der Waals surface area (Å²) >= 11 is 6.00. The van der Waals surface area contributed by atoms with Crippen LogP contribution in [0, 0.1) is 5.92 Å². The Morgan fingerprint density at radius 1 is 1.10 bits per heavy atom. The minimum Gasteiger partial charge on any atom is -0.452 e. The second-order valence-corrected chi connectivity index (χ2v) is 9.93. The molecule has 0 saturated carbocycles. The zero-order chi connectivity index (χ0) is 21.7. The number of piperidine rings is 1. The van der Waals surface area contributed by atoms with Crippen molar-refractivity contribution in [1.29, 1.82) is 0 Å². The van der Waals surface area contributed by atoms with Crippen molar-refractivity contribution in [3.05, 3.63) is 64.7 Å². The summed E-state index contributed by atoms with van der Waals surface area (Å²) in [5.41, 5.74) is 1.22. The van der Waals surface area contributed by atoms with E-state index in [9.17, 15) is 18.0 Å². The van der Waals surface area contributed by atoms with Crippen molar-refractivity contribution in [2.75, 3.05) is 26.0 Å². The molecule has 1 amide bonds. The van der Waals surface area contributed by atoms with Gasteiger partial charge in [0.1, 0.15) is 0 Å². The maximum atomic E-state index is 12.4. The maximum absolute atomic E-state index is 12.4. The van der Waals surface area contributed by atoms with E-state index in [1.54, 1.807) is 4.90 Å². The Hall–Kier alpha value is -2.38. The molecular formula is C22H24ClNO5S. The molecule has 0 bridgehead atoms. The van der Waals surface area contributed by atoms with E-state index in [1.807, 2.05) is 18.2 Å². The molecule has 0 spiro atoms. The van der Waals surface area contributed by atoms with Crippen molar-refractivity contribution >= 4 is 33.3 Å². The molecule has 1 aliphatic rings. The van der Waals surface area contributed by atoms with Crippen LogP contribution in [0.3, 0.4) is 0 Å². The Bertz CT molecular complexity index is 1020. The summed E-state index contributed by atoms with van der Waals surface area (Å²) in [6.45, 7) is 0.845. The minimum absolute atomic E-state index is 0.0364. The van der Waals surface area contributed by atoms with Crippen LogP contribution >= 0.6 is 11.6 Å². The van der Waals surface area contributed by atoms with Crippen molar-refractivity contribution < 1.29 is 22.7 Å². The molecule has 6 nitrogen and oxygen atoms in total. The fourth-order valence-electron chi connectivity index (χ4n) is 3.52. The molecule has 160 valence electrons. The van der Waals surface area contributed by atoms with E-state index < -0.39 is 22.4 Å². The number of esters is 1. The van der Waals surface area contributed by atoms with Crippen LogP contribution in [-0.4, -0.2) is 51.1 Å². The average molecular weight is 450 g/mol. The van der Waals surface area contributed by atoms with E-state index >= 15 is 0 Å². The lowest BCUT2D eigenvalue weighted by Gasteiger charge is -2.32. The predicted octanol–water partition coefficient (Wildman–Crippen LogP) is 3.38. The number of likely N-dealkylation sites (tertiary alicyclic amines) is 1. The summed E-state index contributed by atoms with van der Waals surface area (Å²) < 4.78 is 28.5. The summed E-state index contributed by atoms with van der Waals surface area (Å²) in [5.74, 6) is -0.564. The summed E-state index contributed by atoms with van der Waals surface area (Å²) in [6, 6.07) is 14.1. The average Bonchev–Trinajstić information content (AvgIpc) is 2.72. The second kappa shape index (κ2) is 9.62. The van der Waals surface area contributed by atoms with E-state index in [0.29, 0.717) is 19.0 Å². The van der Waals surface area contributed by atoms with Gasteiger partial charge in [0.05, 0.1) is 15.5 Å². The van der Waals surface area contributed by atoms with Crippen LogP contribution in [0.4, 0.5) is 0 Å². The first kappa shape index (κ1) is 22.3. The van der Waals surface area contributed by atoms with Crippen molar-refractivity contribution in [3.8, 4) is 0 Å². The highest BCUT2D eigenvalue weighted by Crippen LogP contribution is 2.23. The standard InChI is InChI=1S/C22H24ClNO5S/c1-30(27,28)18-7-8-20(23)19(14-18)22(26)29-15-21(25)24-11-9-17(10-12-24)13-16-5-3-2-4-6-16/h2-8,14,17H,9-13,15H2,1H3. The predicted molar refractivity (Wildman–Crippen MR) is 114 cm³/mol. The van der Waals surface area contributed by atoms with Gasteiger partial charge in [-0.05, 0) is 48.9 Å². The van der Waals surface area contributed by atoms with E-state index in [1.165, 1.54) is 23.8 Å². The van der Waals surface area contributed by atoms with Crippen LogP contribution in [0.2, 0.25) is 5.02 Å². The van der Waals surface area contributed by atoms with Crippen LogP contribution in [0.25, 0.3) is 0 Å². The number of carbonyl (C=O) groups excluding carboxylic acids is 2. The van der Waals surface area contributed by atoms with Gasteiger partial charge < -0.3 is 9.64 Å². The second-order valence-electron chi connectivity index (χ2n) is 7.50. The lowest BCUT2D eigenvalue weighted by molar-refractivity contribution is -0.135. The van der Waals surface area contributed by atoms with Crippen LogP contribution in [0.15, 0.2) is 53.4 Å². The number of benzene rings is 2. The summed E-state index contributed by atoms with van der Waals surface area (Å²) in [5, 5.41) is 0.0709. The van der Waals surface area contributed by atoms with Gasteiger partial charge in [-0.3, -0.25) is 4.79 Å². The zero-order valence-electron chi connectivity index (χ0n) is 16.7. The first-order chi connectivity index (χ1) is 14.2. The summed E-state index contributed by atoms with van der Waals surface area (Å²) in [7, 11) is -3.49. The molecule has 1 aliphatic heterocycles. The van der Waals surface area contributed by atoms with Crippen LogP contribution in [-0.2, 0) is 25.8 Å². The number of rotatable bonds is 6. The third kappa shape index (κ3) is 5.83. The van der Waals surface area contributed by atoms with Gasteiger partial charge in [-0.25, -0.2) is 13.2 Å². The third-order valence-electron chi connectivity index (χ3n) is 5.25. The number of ether oxygens (including phenoxy) is 1. The lowest BCUT2D eigenvalue weighted by atomic mass is 9.90. The molecule has 0 atom stereocenters. The fraction of sp³-hybridized carbons (Fsp3) is 0.364. The van der Waals surface area contributed by atoms with Gasteiger partial charge in [-0.1, -0.05) is 41.9 Å². The van der Waals surface area contributed by atoms with Crippen molar-refractivity contribution in [3.63, 3.8) is 0 Å². The van der Waals surface area contributed by atoms with E-state index in [-0.39, 0.29) is 21.4 Å². The Morgan fingerprint density at radius 3 is 2.40 bits per heavy atom. The van der Waals surface area contributed by atoms with Crippen LogP contribution in [0.1, 0.15) is 28.8 Å². The molecule has 0 aliphatic carbocycles. The number of hydrogen-bond donors (Lipinski definition) is 0. The van der Waals surface area contributed by atoms with Crippen LogP contribution in [0.5, 0.6) is 0 Å². The monoisotopic (exact) mass is 449 g/mol. The topological polar surface area (TPSA) is 80.7 Å². The van der Waals surface area contributed by atoms with Crippen molar-refractivity contribution in [1.82, 2.24) is 4.90 Å². The van der Waals surface area contributed by atoms with Gasteiger partial charge in [-0.2, -0.15) is 0 Å². The fourth-order valence-corrected chi connectivity index (χ4v) is 4.36. The van der Waals surface area contributed by atoms with Gasteiger partial charge in [0.2, 0.25) is 0 Å². The van der Waals surface area contributed by atoms with Crippen molar-refractivity contribution in [2.24, 2.45) is 5.92 Å². The normalized spacial score (nSPS) is 15.1. The molecule has 2 aromatic carbocycles. The first-order valence-corrected chi connectivity index (χ1v) is 12.0. The Balaban J connectivity index is 1.51. The largest absolute Gasteiger partial charge is 0.452 e. The molecule has 0 N–H and O–H groups in total. The Labute approximate surface area is 181 Å². The summed E-state index contributed by atoms with van der Waals surface area (Å²) in [6.07, 6.45) is 3.83. The van der Waals surface area contributed by atoms with E-state index in [0.717, 1.165) is 25.5 Å². The molecule has 0 radical (unpaired) electrons. The molecule has 0 unspecified atom stereocenters. The molecule has 1 heterocycles. The highest BCUT2D eigenvalue weighted by atomic mass is 35.5. The zero-order valence-corrected chi connectivity index (χ0v) is 18.3. The molecule has 8 heteroatoms. The van der Waals surface area contributed by atoms with E-state index in [4.69, 9.17) is 16.3 Å². The number of hydrogen-bond acceptors (Lipinski definition) is 5. The van der Waals surface area contributed by atoms with Crippen LogP contribution < -0.4 is 0 Å². The molecule has 3 rings (SSSR count). The molecule has 30 heavy (non-hydrogen) atoms. The van der Waals surface area contributed by atoms with E-state index in [2.05, 4.69) is 12.1 Å². The number of carbonyl (C=O) groups is 2. The summed E-state index contributed by atoms with van der Waals surface area (Å²) in [4.78, 5) is 26.4. The lowest BCUT2D eigenvalue weighted by Crippen LogP contribution is -2.41. The van der Waals surface area contributed by atoms with Gasteiger partial charge in [-0.15, -0.1) is 0 Å². The third-order valence-corrected chi connectivity index (χ3v) is 6.69. The van der Waals surface area contributed by atoms with Gasteiger partial charge in [0, 0.05) is 19.3 Å². The highest BCUT2D eigenvalue weighted by molar-refractivity contribution is 7.90. The Morgan fingerprint density at radius 2 is 1.77 bits per heavy atom. The molecule has 1 saturated heterocycles. The molecule has 2 aromatic rings. The first-order valence-electron chi connectivity index (χ1n) is 9.72. The molecule has 0 aromatic heterocycles. The van der Waals surface area contributed by atoms with Crippen molar-refractivity contribution in [2.45, 2.75) is 24.2 Å². The maximum Gasteiger partial charge on any atom is 0.340 e. The highest BCUT2D eigenvalue weighted by Gasteiger charge is 2.24. The number of halogens is 1. The Kier molecular flexibility index (Phi) is 7.15. The number of amides is 1. The smallest absolute Gasteiger partial charge is 0.340 e. The molecule has 1 fully saturated rings. The van der Waals surface area contributed by atoms with Gasteiger partial charge >= 0.3 is 5.97 Å². The number of nitrogens with zero attached hydrogens (tertiary/aromatic N) is 1. The quantitative estimate of drug-likeness (QED) is 0.631. The minimum atomic E-state index is -3.49. The number of sulfone groups is 1. The van der Waals surface area contributed by atoms with Gasteiger partial charge in [0.15, 0.2) is 16.4 Å². The molecular weight excluding hydrogens is 426 g/mol. The van der Waals surface area contributed by atoms with Gasteiger partial charge in [0.25, 0.3) is 5.91 Å².